The maximum Gasteiger partial charge on any atom is 0.153 e. The van der Waals surface area contributed by atoms with Crippen LogP contribution in [-0.2, 0) is 0 Å². The number of methoxy groups -OCH3 is 1. The monoisotopic (exact) mass is 248 g/mol. The van der Waals surface area contributed by atoms with Gasteiger partial charge in [-0.1, -0.05) is 12.1 Å². The standard InChI is InChI=1S/C14H10F2O2/c1-18-14-9(8-17)3-2-4-13(14)10-5-11(15)7-12(16)6-10/h2-8H,1H3. The molecule has 0 radical (unpaired) electrons. The van der Waals surface area contributed by atoms with Crippen LogP contribution in [-0.4, -0.2) is 13.4 Å². The molecule has 0 spiro atoms. The molecule has 0 unspecified atom stereocenters. The van der Waals surface area contributed by atoms with Gasteiger partial charge in [-0.3, -0.25) is 4.79 Å². The van der Waals surface area contributed by atoms with Crippen molar-refractivity contribution in [1.29, 1.82) is 0 Å². The third-order valence-electron chi connectivity index (χ3n) is 2.55. The van der Waals surface area contributed by atoms with E-state index >= 15 is 0 Å². The van der Waals surface area contributed by atoms with Crippen LogP contribution in [0.4, 0.5) is 8.78 Å². The Morgan fingerprint density at radius 3 is 2.33 bits per heavy atom. The van der Waals surface area contributed by atoms with Crippen molar-refractivity contribution < 1.29 is 18.3 Å². The minimum absolute atomic E-state index is 0.303. The molecular weight excluding hydrogens is 238 g/mol. The van der Waals surface area contributed by atoms with Crippen LogP contribution in [0.15, 0.2) is 36.4 Å². The number of carbonyl (C=O) groups excluding carboxylic acids is 1. The largest absolute Gasteiger partial charge is 0.495 e. The molecule has 0 saturated carbocycles. The van der Waals surface area contributed by atoms with Gasteiger partial charge in [0.15, 0.2) is 6.29 Å². The van der Waals surface area contributed by atoms with Gasteiger partial charge in [-0.2, -0.15) is 0 Å². The molecule has 0 N–H and O–H groups in total. The number of para-hydroxylation sites is 1. The van der Waals surface area contributed by atoms with Crippen LogP contribution in [0.3, 0.4) is 0 Å². The highest BCUT2D eigenvalue weighted by molar-refractivity contribution is 5.86. The Balaban J connectivity index is 2.66. The summed E-state index contributed by atoms with van der Waals surface area (Å²) in [5, 5.41) is 0. The second-order valence-corrected chi connectivity index (χ2v) is 3.70. The highest BCUT2D eigenvalue weighted by atomic mass is 19.1. The minimum atomic E-state index is -0.677. The van der Waals surface area contributed by atoms with Gasteiger partial charge in [-0.05, 0) is 23.8 Å². The number of benzene rings is 2. The van der Waals surface area contributed by atoms with Gasteiger partial charge in [0.05, 0.1) is 12.7 Å². The molecule has 0 aliphatic carbocycles. The van der Waals surface area contributed by atoms with Crippen molar-refractivity contribution >= 4 is 6.29 Å². The first kappa shape index (κ1) is 12.2. The Hall–Kier alpha value is -2.23. The predicted molar refractivity (Wildman–Crippen MR) is 63.7 cm³/mol. The average Bonchev–Trinajstić information content (AvgIpc) is 2.36. The van der Waals surface area contributed by atoms with E-state index < -0.39 is 11.6 Å². The first-order valence-electron chi connectivity index (χ1n) is 5.24. The second-order valence-electron chi connectivity index (χ2n) is 3.70. The number of halogens is 2. The molecule has 2 aromatic rings. The van der Waals surface area contributed by atoms with Crippen molar-refractivity contribution in [2.75, 3.05) is 7.11 Å². The zero-order valence-corrected chi connectivity index (χ0v) is 9.61. The van der Waals surface area contributed by atoms with E-state index in [-0.39, 0.29) is 0 Å². The summed E-state index contributed by atoms with van der Waals surface area (Å²) in [5.74, 6) is -1.05. The Kier molecular flexibility index (Phi) is 3.37. The lowest BCUT2D eigenvalue weighted by atomic mass is 10.0. The van der Waals surface area contributed by atoms with Crippen LogP contribution < -0.4 is 4.74 Å². The number of hydrogen-bond acceptors (Lipinski definition) is 2. The van der Waals surface area contributed by atoms with Crippen LogP contribution >= 0.6 is 0 Å². The van der Waals surface area contributed by atoms with E-state index in [4.69, 9.17) is 4.74 Å². The summed E-state index contributed by atoms with van der Waals surface area (Å²) in [6, 6.07) is 8.01. The third kappa shape index (κ3) is 2.22. The molecule has 0 fully saturated rings. The van der Waals surface area contributed by atoms with Crippen molar-refractivity contribution in [3.8, 4) is 16.9 Å². The van der Waals surface area contributed by atoms with Crippen molar-refractivity contribution in [1.82, 2.24) is 0 Å². The van der Waals surface area contributed by atoms with Gasteiger partial charge in [-0.25, -0.2) is 8.78 Å². The summed E-state index contributed by atoms with van der Waals surface area (Å²) >= 11 is 0. The highest BCUT2D eigenvalue weighted by Crippen LogP contribution is 2.33. The van der Waals surface area contributed by atoms with Crippen molar-refractivity contribution in [3.63, 3.8) is 0 Å². The lowest BCUT2D eigenvalue weighted by Gasteiger charge is -2.10. The third-order valence-corrected chi connectivity index (χ3v) is 2.55. The summed E-state index contributed by atoms with van der Waals surface area (Å²) in [4.78, 5) is 10.9. The molecule has 0 saturated heterocycles. The molecule has 18 heavy (non-hydrogen) atoms. The van der Waals surface area contributed by atoms with E-state index in [0.717, 1.165) is 6.07 Å². The number of rotatable bonds is 3. The van der Waals surface area contributed by atoms with E-state index in [9.17, 15) is 13.6 Å². The smallest absolute Gasteiger partial charge is 0.153 e. The number of hydrogen-bond donors (Lipinski definition) is 0. The molecule has 0 aromatic heterocycles. The first-order chi connectivity index (χ1) is 8.65. The predicted octanol–water partition coefficient (Wildman–Crippen LogP) is 3.45. The second kappa shape index (κ2) is 4.96. The van der Waals surface area contributed by atoms with Gasteiger partial charge in [-0.15, -0.1) is 0 Å². The van der Waals surface area contributed by atoms with Crippen LogP contribution in [0.25, 0.3) is 11.1 Å². The van der Waals surface area contributed by atoms with E-state index in [0.29, 0.717) is 28.7 Å². The van der Waals surface area contributed by atoms with Gasteiger partial charge in [0.1, 0.15) is 17.4 Å². The minimum Gasteiger partial charge on any atom is -0.495 e. The van der Waals surface area contributed by atoms with Crippen LogP contribution in [0.5, 0.6) is 5.75 Å². The fourth-order valence-electron chi connectivity index (χ4n) is 1.81. The van der Waals surface area contributed by atoms with E-state index in [2.05, 4.69) is 0 Å². The molecule has 2 rings (SSSR count). The zero-order chi connectivity index (χ0) is 13.1. The van der Waals surface area contributed by atoms with Gasteiger partial charge in [0.25, 0.3) is 0 Å². The van der Waals surface area contributed by atoms with E-state index in [1.807, 2.05) is 0 Å². The summed E-state index contributed by atoms with van der Waals surface area (Å²) in [6.45, 7) is 0. The molecule has 0 bridgehead atoms. The summed E-state index contributed by atoms with van der Waals surface area (Å²) in [7, 11) is 1.40. The first-order valence-corrected chi connectivity index (χ1v) is 5.24. The van der Waals surface area contributed by atoms with Gasteiger partial charge in [0, 0.05) is 11.6 Å². The lowest BCUT2D eigenvalue weighted by molar-refractivity contribution is 0.112. The van der Waals surface area contributed by atoms with Gasteiger partial charge < -0.3 is 4.74 Å². The van der Waals surface area contributed by atoms with Crippen LogP contribution in [0.1, 0.15) is 10.4 Å². The van der Waals surface area contributed by atoms with Crippen molar-refractivity contribution in [2.24, 2.45) is 0 Å². The number of carbonyl (C=O) groups is 1. The SMILES string of the molecule is COc1c(C=O)cccc1-c1cc(F)cc(F)c1. The lowest BCUT2D eigenvalue weighted by Crippen LogP contribution is -1.94. The fraction of sp³-hybridized carbons (Fsp3) is 0.0714. The molecule has 0 aliphatic rings. The molecule has 0 aliphatic heterocycles. The van der Waals surface area contributed by atoms with Gasteiger partial charge >= 0.3 is 0 Å². The zero-order valence-electron chi connectivity index (χ0n) is 9.61. The topological polar surface area (TPSA) is 26.3 Å². The molecule has 0 heterocycles. The Bertz CT molecular complexity index is 574. The average molecular weight is 248 g/mol. The molecule has 2 nitrogen and oxygen atoms in total. The van der Waals surface area contributed by atoms with E-state index in [1.165, 1.54) is 19.2 Å². The van der Waals surface area contributed by atoms with Crippen LogP contribution in [0.2, 0.25) is 0 Å². The normalized spacial score (nSPS) is 10.2. The Morgan fingerprint density at radius 2 is 1.78 bits per heavy atom. The Labute approximate surface area is 103 Å². The summed E-state index contributed by atoms with van der Waals surface area (Å²) in [6.07, 6.45) is 0.637. The van der Waals surface area contributed by atoms with Crippen molar-refractivity contribution in [3.05, 3.63) is 53.6 Å². The molecule has 2 aromatic carbocycles. The van der Waals surface area contributed by atoms with Crippen LogP contribution in [0, 0.1) is 11.6 Å². The highest BCUT2D eigenvalue weighted by Gasteiger charge is 2.12. The molecule has 0 amide bonds. The maximum atomic E-state index is 13.2. The van der Waals surface area contributed by atoms with Crippen molar-refractivity contribution in [2.45, 2.75) is 0 Å². The molecular formula is C14H10F2O2. The Morgan fingerprint density at radius 1 is 1.11 bits per heavy atom. The number of ether oxygens (including phenoxy) is 1. The van der Waals surface area contributed by atoms with E-state index in [1.54, 1.807) is 18.2 Å². The molecule has 0 atom stereocenters. The molecule has 92 valence electrons. The maximum absolute atomic E-state index is 13.2. The fourth-order valence-corrected chi connectivity index (χ4v) is 1.81. The summed E-state index contributed by atoms with van der Waals surface area (Å²) < 4.78 is 31.5. The van der Waals surface area contributed by atoms with Gasteiger partial charge in [0.2, 0.25) is 0 Å². The quantitative estimate of drug-likeness (QED) is 0.777. The number of aldehydes is 1. The summed E-state index contributed by atoms with van der Waals surface area (Å²) in [5.41, 5.74) is 1.13. The molecule has 4 heteroatoms.